The van der Waals surface area contributed by atoms with Gasteiger partial charge in [0.05, 0.1) is 5.39 Å². The lowest BCUT2D eigenvalue weighted by atomic mass is 10.0. The third-order valence-electron chi connectivity index (χ3n) is 6.17. The van der Waals surface area contributed by atoms with Gasteiger partial charge in [-0.25, -0.2) is 9.50 Å². The van der Waals surface area contributed by atoms with Crippen LogP contribution in [-0.4, -0.2) is 30.1 Å². The monoisotopic (exact) mass is 527 g/mol. The van der Waals surface area contributed by atoms with Crippen molar-refractivity contribution in [3.05, 3.63) is 130 Å². The van der Waals surface area contributed by atoms with Gasteiger partial charge in [-0.1, -0.05) is 49.1 Å². The molecule has 9 nitrogen and oxygen atoms in total. The van der Waals surface area contributed by atoms with Crippen LogP contribution in [0.3, 0.4) is 0 Å². The van der Waals surface area contributed by atoms with Crippen LogP contribution in [0, 0.1) is 11.8 Å². The number of para-hydroxylation sites is 1. The first-order valence-corrected chi connectivity index (χ1v) is 12.5. The number of carbonyl (C=O) groups excluding carboxylic acids is 1. The first-order valence-electron chi connectivity index (χ1n) is 12.5. The van der Waals surface area contributed by atoms with Crippen molar-refractivity contribution in [1.29, 1.82) is 0 Å². The average Bonchev–Trinajstić information content (AvgIpc) is 3.33. The van der Waals surface area contributed by atoms with E-state index in [4.69, 9.17) is 11.5 Å². The third kappa shape index (κ3) is 5.14. The highest BCUT2D eigenvalue weighted by atomic mass is 16.1. The number of fused-ring (bicyclic) bond motifs is 2. The quantitative estimate of drug-likeness (QED) is 0.337. The number of hydrogen-bond acceptors (Lipinski definition) is 6. The van der Waals surface area contributed by atoms with Crippen LogP contribution in [0.4, 0.5) is 5.82 Å². The van der Waals surface area contributed by atoms with Crippen LogP contribution in [0.5, 0.6) is 0 Å². The fraction of sp³-hybridized carbons (Fsp3) is 0.0645. The number of rotatable bonds is 3. The Morgan fingerprint density at radius 2 is 1.80 bits per heavy atom. The van der Waals surface area contributed by atoms with E-state index in [1.807, 2.05) is 60.7 Å². The molecule has 0 saturated heterocycles. The molecule has 4 heterocycles. The molecule has 2 aromatic carbocycles. The summed E-state index contributed by atoms with van der Waals surface area (Å²) in [4.78, 5) is 32.4. The van der Waals surface area contributed by atoms with Crippen molar-refractivity contribution in [3.8, 4) is 17.5 Å². The van der Waals surface area contributed by atoms with Gasteiger partial charge in [0.15, 0.2) is 11.5 Å². The van der Waals surface area contributed by atoms with Crippen LogP contribution in [0.15, 0.2) is 102 Å². The zero-order chi connectivity index (χ0) is 28.1. The number of amides is 1. The van der Waals surface area contributed by atoms with Gasteiger partial charge in [-0.05, 0) is 54.3 Å². The van der Waals surface area contributed by atoms with E-state index < -0.39 is 5.91 Å². The van der Waals surface area contributed by atoms with E-state index >= 15 is 0 Å². The predicted octanol–water partition coefficient (Wildman–Crippen LogP) is 3.76. The van der Waals surface area contributed by atoms with Crippen molar-refractivity contribution >= 4 is 28.1 Å². The van der Waals surface area contributed by atoms with Crippen LogP contribution < -0.4 is 17.0 Å². The molecular formula is C31H25N7O2. The number of nitrogens with zero attached hydrogens (tertiary/aromatic N) is 5. The number of aryl methyl sites for hydroxylation is 1. The number of primary amides is 1. The molecule has 0 aliphatic heterocycles. The van der Waals surface area contributed by atoms with Gasteiger partial charge in [-0.3, -0.25) is 19.1 Å². The van der Waals surface area contributed by atoms with Gasteiger partial charge in [0, 0.05) is 47.3 Å². The molecule has 0 radical (unpaired) electrons. The lowest BCUT2D eigenvalue weighted by Gasteiger charge is -2.14. The van der Waals surface area contributed by atoms with E-state index in [1.165, 1.54) is 4.52 Å². The van der Waals surface area contributed by atoms with Crippen molar-refractivity contribution < 1.29 is 4.79 Å². The fourth-order valence-electron chi connectivity index (χ4n) is 4.36. The van der Waals surface area contributed by atoms with Crippen LogP contribution >= 0.6 is 0 Å². The SMILES string of the molecule is CCc1cc2cccc(C#Cc3cccnc3)c2c(=O)n1-c1ccccc1.NC(=O)c1c(N)nn2cccnc12. The molecule has 0 aliphatic rings. The van der Waals surface area contributed by atoms with Crippen molar-refractivity contribution in [1.82, 2.24) is 24.1 Å². The van der Waals surface area contributed by atoms with Gasteiger partial charge in [-0.2, -0.15) is 0 Å². The number of nitrogens with two attached hydrogens (primary N) is 2. The van der Waals surface area contributed by atoms with E-state index in [-0.39, 0.29) is 16.9 Å². The second-order valence-electron chi connectivity index (χ2n) is 8.74. The second-order valence-corrected chi connectivity index (χ2v) is 8.74. The van der Waals surface area contributed by atoms with Gasteiger partial charge in [-0.15, -0.1) is 5.10 Å². The Balaban J connectivity index is 0.000000207. The molecule has 9 heteroatoms. The van der Waals surface area contributed by atoms with Crippen LogP contribution in [0.25, 0.3) is 22.1 Å². The fourth-order valence-corrected chi connectivity index (χ4v) is 4.36. The summed E-state index contributed by atoms with van der Waals surface area (Å²) >= 11 is 0. The van der Waals surface area contributed by atoms with E-state index in [0.717, 1.165) is 34.3 Å². The minimum absolute atomic E-state index is 0.0355. The Morgan fingerprint density at radius 3 is 2.52 bits per heavy atom. The number of benzene rings is 2. The standard InChI is InChI=1S/C24H18N2O.C7H7N5O/c1-2-21-16-20-10-6-9-19(14-13-18-8-7-15-25-17-18)23(20)24(27)26(21)22-11-4-3-5-12-22;8-5-4(6(9)13)7-10-2-1-3-12(7)11-5/h3-12,15-17H,2H2,1H3;1-3H,(H2,8,11)(H2,9,13). The van der Waals surface area contributed by atoms with Crippen LogP contribution in [0.2, 0.25) is 0 Å². The summed E-state index contributed by atoms with van der Waals surface area (Å²) in [6.07, 6.45) is 7.39. The van der Waals surface area contributed by atoms with Gasteiger partial charge in [0.1, 0.15) is 5.56 Å². The molecule has 6 rings (SSSR count). The zero-order valence-corrected chi connectivity index (χ0v) is 21.7. The normalized spacial score (nSPS) is 10.4. The smallest absolute Gasteiger partial charge is 0.264 e. The maximum Gasteiger partial charge on any atom is 0.264 e. The number of aromatic nitrogens is 5. The Labute approximate surface area is 229 Å². The molecule has 6 aromatic rings. The molecule has 4 aromatic heterocycles. The van der Waals surface area contributed by atoms with Crippen molar-refractivity contribution in [2.75, 3.05) is 5.73 Å². The summed E-state index contributed by atoms with van der Waals surface area (Å²) in [5, 5.41) is 5.43. The van der Waals surface area contributed by atoms with E-state index in [9.17, 15) is 9.59 Å². The van der Waals surface area contributed by atoms with Crippen LogP contribution in [0.1, 0.15) is 34.1 Å². The van der Waals surface area contributed by atoms with Gasteiger partial charge in [0.2, 0.25) is 0 Å². The molecule has 0 unspecified atom stereocenters. The first kappa shape index (κ1) is 25.9. The summed E-state index contributed by atoms with van der Waals surface area (Å²) in [5.74, 6) is 5.75. The molecule has 196 valence electrons. The average molecular weight is 528 g/mol. The van der Waals surface area contributed by atoms with Crippen LogP contribution in [-0.2, 0) is 6.42 Å². The minimum atomic E-state index is -0.619. The van der Waals surface area contributed by atoms with Crippen molar-refractivity contribution in [2.45, 2.75) is 13.3 Å². The Kier molecular flexibility index (Phi) is 7.33. The number of carbonyl (C=O) groups is 1. The van der Waals surface area contributed by atoms with Crippen molar-refractivity contribution in [2.24, 2.45) is 5.73 Å². The summed E-state index contributed by atoms with van der Waals surface area (Å²) in [6.45, 7) is 2.06. The zero-order valence-electron chi connectivity index (χ0n) is 21.7. The number of nitrogen functional groups attached to an aromatic ring is 1. The Hall–Kier alpha value is -5.75. The molecule has 40 heavy (non-hydrogen) atoms. The molecular weight excluding hydrogens is 502 g/mol. The molecule has 0 bridgehead atoms. The molecule has 0 fully saturated rings. The maximum atomic E-state index is 13.4. The highest BCUT2D eigenvalue weighted by molar-refractivity contribution is 6.03. The topological polar surface area (TPSA) is 134 Å². The summed E-state index contributed by atoms with van der Waals surface area (Å²) in [5.41, 5.74) is 14.5. The molecule has 1 amide bonds. The largest absolute Gasteiger partial charge is 0.381 e. The first-order chi connectivity index (χ1) is 19.5. The number of pyridine rings is 2. The lowest BCUT2D eigenvalue weighted by Crippen LogP contribution is -2.22. The Morgan fingerprint density at radius 1 is 0.975 bits per heavy atom. The van der Waals surface area contributed by atoms with E-state index in [0.29, 0.717) is 11.0 Å². The van der Waals surface area contributed by atoms with Gasteiger partial charge < -0.3 is 11.5 Å². The molecule has 0 saturated carbocycles. The third-order valence-corrected chi connectivity index (χ3v) is 6.17. The highest BCUT2D eigenvalue weighted by Gasteiger charge is 2.15. The maximum absolute atomic E-state index is 13.4. The second kappa shape index (κ2) is 11.3. The van der Waals surface area contributed by atoms with Gasteiger partial charge in [0.25, 0.3) is 11.5 Å². The Bertz CT molecular complexity index is 1950. The van der Waals surface area contributed by atoms with E-state index in [1.54, 1.807) is 35.4 Å². The lowest BCUT2D eigenvalue weighted by molar-refractivity contribution is 0.100. The van der Waals surface area contributed by atoms with Crippen molar-refractivity contribution in [3.63, 3.8) is 0 Å². The highest BCUT2D eigenvalue weighted by Crippen LogP contribution is 2.19. The summed E-state index contributed by atoms with van der Waals surface area (Å²) < 4.78 is 3.20. The molecule has 0 spiro atoms. The van der Waals surface area contributed by atoms with E-state index in [2.05, 4.69) is 39.9 Å². The number of hydrogen-bond donors (Lipinski definition) is 2. The minimum Gasteiger partial charge on any atom is -0.381 e. The predicted molar refractivity (Wildman–Crippen MR) is 155 cm³/mol. The van der Waals surface area contributed by atoms with Gasteiger partial charge >= 0.3 is 0 Å². The molecule has 0 atom stereocenters. The molecule has 4 N–H and O–H groups in total. The summed E-state index contributed by atoms with van der Waals surface area (Å²) in [7, 11) is 0. The molecule has 0 aliphatic carbocycles. The summed E-state index contributed by atoms with van der Waals surface area (Å²) in [6, 6.07) is 23.1. The number of anilines is 1.